The molecule has 140 valence electrons. The zero-order valence-corrected chi connectivity index (χ0v) is 14.9. The molecular weight excluding hydrogens is 377 g/mol. The number of phenolic OH excluding ortho intramolecular Hbond substituents is 1. The minimum atomic E-state index is -4.61. The van der Waals surface area contributed by atoms with Gasteiger partial charge in [0.1, 0.15) is 5.75 Å². The summed E-state index contributed by atoms with van der Waals surface area (Å²) in [5.74, 6) is -0.419. The van der Waals surface area contributed by atoms with E-state index in [4.69, 9.17) is 10.9 Å². The number of amidine groups is 1. The number of hydrogen-bond acceptors (Lipinski definition) is 4. The van der Waals surface area contributed by atoms with Gasteiger partial charge in [-0.2, -0.15) is 24.5 Å². The van der Waals surface area contributed by atoms with E-state index in [1.54, 1.807) is 5.38 Å². The van der Waals surface area contributed by atoms with Gasteiger partial charge >= 0.3 is 6.18 Å². The number of halogens is 3. The maximum Gasteiger partial charge on any atom is 0.416 e. The summed E-state index contributed by atoms with van der Waals surface area (Å²) in [5.41, 5.74) is 7.52. The number of nitrogens with two attached hydrogens (primary N) is 1. The Kier molecular flexibility index (Phi) is 4.84. The summed E-state index contributed by atoms with van der Waals surface area (Å²) < 4.78 is 40.4. The third-order valence-corrected chi connectivity index (χ3v) is 5.01. The number of oxime groups is 1. The quantitative estimate of drug-likeness (QED) is 0.248. The Morgan fingerprint density at radius 2 is 1.74 bits per heavy atom. The molecule has 2 aromatic carbocycles. The standard InChI is InChI=1S/C19H15F3N2O2S/c1-10-8-27-9-16(10)17-14(11-2-4-13(25)5-3-11)6-12(19(20,21)22)7-15(17)18(23)24-26/h2-9,25-26H,1H3,(H2,23,24). The Balaban J connectivity index is 2.44. The minimum Gasteiger partial charge on any atom is -0.508 e. The smallest absolute Gasteiger partial charge is 0.416 e. The van der Waals surface area contributed by atoms with E-state index in [0.29, 0.717) is 16.7 Å². The molecule has 0 saturated heterocycles. The third kappa shape index (κ3) is 3.61. The van der Waals surface area contributed by atoms with Gasteiger partial charge in [0.15, 0.2) is 5.84 Å². The normalized spacial score (nSPS) is 12.4. The molecule has 27 heavy (non-hydrogen) atoms. The molecule has 3 rings (SSSR count). The molecule has 4 nitrogen and oxygen atoms in total. The summed E-state index contributed by atoms with van der Waals surface area (Å²) in [6.45, 7) is 1.83. The summed E-state index contributed by atoms with van der Waals surface area (Å²) in [5, 5.41) is 25.2. The maximum absolute atomic E-state index is 13.5. The van der Waals surface area contributed by atoms with Crippen LogP contribution in [-0.2, 0) is 6.18 Å². The van der Waals surface area contributed by atoms with Crippen molar-refractivity contribution in [2.75, 3.05) is 0 Å². The van der Waals surface area contributed by atoms with E-state index in [0.717, 1.165) is 17.7 Å². The second kappa shape index (κ2) is 6.96. The van der Waals surface area contributed by atoms with Crippen LogP contribution in [0.15, 0.2) is 52.3 Å². The molecule has 8 heteroatoms. The summed E-state index contributed by atoms with van der Waals surface area (Å²) in [6, 6.07) is 7.74. The Labute approximate surface area is 157 Å². The van der Waals surface area contributed by atoms with Crippen LogP contribution in [-0.4, -0.2) is 16.1 Å². The Morgan fingerprint density at radius 3 is 2.26 bits per heavy atom. The van der Waals surface area contributed by atoms with Crippen molar-refractivity contribution in [3.05, 3.63) is 63.8 Å². The SMILES string of the molecule is Cc1cscc1-c1c(/C(N)=N/O)cc(C(F)(F)F)cc1-c1ccc(O)cc1. The molecule has 1 aromatic heterocycles. The number of alkyl halides is 3. The van der Waals surface area contributed by atoms with Gasteiger partial charge in [-0.15, -0.1) is 0 Å². The molecule has 0 aliphatic rings. The van der Waals surface area contributed by atoms with Crippen LogP contribution in [0.2, 0.25) is 0 Å². The molecule has 3 aromatic rings. The van der Waals surface area contributed by atoms with E-state index in [2.05, 4.69) is 5.16 Å². The topological polar surface area (TPSA) is 78.8 Å². The fraction of sp³-hybridized carbons (Fsp3) is 0.105. The number of nitrogens with zero attached hydrogens (tertiary/aromatic N) is 1. The highest BCUT2D eigenvalue weighted by molar-refractivity contribution is 7.08. The van der Waals surface area contributed by atoms with E-state index in [1.807, 2.05) is 12.3 Å². The average molecular weight is 392 g/mol. The van der Waals surface area contributed by atoms with Crippen molar-refractivity contribution in [1.29, 1.82) is 0 Å². The number of benzene rings is 2. The van der Waals surface area contributed by atoms with Crippen LogP contribution in [0.25, 0.3) is 22.3 Å². The number of rotatable bonds is 3. The molecule has 0 atom stereocenters. The van der Waals surface area contributed by atoms with Crippen molar-refractivity contribution in [2.45, 2.75) is 13.1 Å². The van der Waals surface area contributed by atoms with Crippen LogP contribution in [0, 0.1) is 6.92 Å². The Hall–Kier alpha value is -3.00. The molecule has 0 aliphatic carbocycles. The van der Waals surface area contributed by atoms with Gasteiger partial charge in [0.25, 0.3) is 0 Å². The monoisotopic (exact) mass is 392 g/mol. The molecular formula is C19H15F3N2O2S. The summed E-state index contributed by atoms with van der Waals surface area (Å²) >= 11 is 1.40. The fourth-order valence-corrected chi connectivity index (χ4v) is 3.68. The summed E-state index contributed by atoms with van der Waals surface area (Å²) in [4.78, 5) is 0. The molecule has 0 bridgehead atoms. The Morgan fingerprint density at radius 1 is 1.07 bits per heavy atom. The van der Waals surface area contributed by atoms with Crippen LogP contribution in [0.3, 0.4) is 0 Å². The van der Waals surface area contributed by atoms with Crippen LogP contribution < -0.4 is 5.73 Å². The third-order valence-electron chi connectivity index (χ3n) is 4.15. The lowest BCUT2D eigenvalue weighted by Crippen LogP contribution is -2.17. The van der Waals surface area contributed by atoms with Crippen molar-refractivity contribution in [3.63, 3.8) is 0 Å². The van der Waals surface area contributed by atoms with Gasteiger partial charge in [-0.05, 0) is 64.2 Å². The maximum atomic E-state index is 13.5. The highest BCUT2D eigenvalue weighted by atomic mass is 32.1. The Bertz CT molecular complexity index is 1010. The fourth-order valence-electron chi connectivity index (χ4n) is 2.84. The predicted molar refractivity (Wildman–Crippen MR) is 99.1 cm³/mol. The van der Waals surface area contributed by atoms with E-state index in [-0.39, 0.29) is 16.9 Å². The number of thiophene rings is 1. The number of aryl methyl sites for hydroxylation is 1. The zero-order chi connectivity index (χ0) is 19.8. The first kappa shape index (κ1) is 18.8. The van der Waals surface area contributed by atoms with Gasteiger partial charge < -0.3 is 16.0 Å². The first-order valence-electron chi connectivity index (χ1n) is 7.78. The van der Waals surface area contributed by atoms with Crippen molar-refractivity contribution in [1.82, 2.24) is 0 Å². The second-order valence-corrected chi connectivity index (χ2v) is 6.69. The highest BCUT2D eigenvalue weighted by Gasteiger charge is 2.33. The number of phenols is 1. The second-order valence-electron chi connectivity index (χ2n) is 5.94. The molecule has 0 amide bonds. The lowest BCUT2D eigenvalue weighted by Gasteiger charge is -2.18. The molecule has 0 unspecified atom stereocenters. The number of aromatic hydroxyl groups is 1. The summed E-state index contributed by atoms with van der Waals surface area (Å²) in [7, 11) is 0. The molecule has 4 N–H and O–H groups in total. The molecule has 0 radical (unpaired) electrons. The van der Waals surface area contributed by atoms with Gasteiger partial charge in [-0.25, -0.2) is 0 Å². The van der Waals surface area contributed by atoms with E-state index < -0.39 is 17.6 Å². The van der Waals surface area contributed by atoms with E-state index in [1.165, 1.54) is 35.6 Å². The first-order valence-corrected chi connectivity index (χ1v) is 8.72. The van der Waals surface area contributed by atoms with Crippen LogP contribution in [0.4, 0.5) is 13.2 Å². The minimum absolute atomic E-state index is 0.00403. The summed E-state index contributed by atoms with van der Waals surface area (Å²) in [6.07, 6.45) is -4.61. The number of hydrogen-bond donors (Lipinski definition) is 3. The zero-order valence-electron chi connectivity index (χ0n) is 14.1. The molecule has 1 heterocycles. The van der Waals surface area contributed by atoms with Gasteiger partial charge in [-0.1, -0.05) is 17.3 Å². The van der Waals surface area contributed by atoms with Gasteiger partial charge in [0.2, 0.25) is 0 Å². The largest absolute Gasteiger partial charge is 0.508 e. The predicted octanol–water partition coefficient (Wildman–Crippen LogP) is 5.21. The molecule has 0 saturated carbocycles. The lowest BCUT2D eigenvalue weighted by atomic mass is 9.88. The van der Waals surface area contributed by atoms with Crippen molar-refractivity contribution in [2.24, 2.45) is 10.9 Å². The molecule has 0 aliphatic heterocycles. The van der Waals surface area contributed by atoms with E-state index in [9.17, 15) is 18.3 Å². The van der Waals surface area contributed by atoms with Crippen molar-refractivity contribution >= 4 is 17.2 Å². The van der Waals surface area contributed by atoms with Gasteiger partial charge in [0.05, 0.1) is 5.56 Å². The van der Waals surface area contributed by atoms with Crippen LogP contribution in [0.1, 0.15) is 16.7 Å². The van der Waals surface area contributed by atoms with Gasteiger partial charge in [-0.3, -0.25) is 0 Å². The molecule has 0 fully saturated rings. The molecule has 0 spiro atoms. The van der Waals surface area contributed by atoms with Crippen LogP contribution >= 0.6 is 11.3 Å². The first-order chi connectivity index (χ1) is 12.7. The van der Waals surface area contributed by atoms with Crippen molar-refractivity contribution in [3.8, 4) is 28.0 Å². The lowest BCUT2D eigenvalue weighted by molar-refractivity contribution is -0.137. The average Bonchev–Trinajstić information content (AvgIpc) is 3.05. The van der Waals surface area contributed by atoms with Gasteiger partial charge in [0, 0.05) is 11.1 Å². The highest BCUT2D eigenvalue weighted by Crippen LogP contribution is 2.42. The van der Waals surface area contributed by atoms with Crippen LogP contribution in [0.5, 0.6) is 5.75 Å². The van der Waals surface area contributed by atoms with Crippen molar-refractivity contribution < 1.29 is 23.5 Å². The van der Waals surface area contributed by atoms with E-state index >= 15 is 0 Å².